The van der Waals surface area contributed by atoms with Crippen LogP contribution in [0.5, 0.6) is 0 Å². The van der Waals surface area contributed by atoms with Gasteiger partial charge in [0.25, 0.3) is 0 Å². The van der Waals surface area contributed by atoms with Gasteiger partial charge in [0.15, 0.2) is 0 Å². The van der Waals surface area contributed by atoms with Gasteiger partial charge < -0.3 is 0 Å². The average Bonchev–Trinajstić information content (AvgIpc) is 2.15. The van der Waals surface area contributed by atoms with Crippen molar-refractivity contribution in [2.24, 2.45) is 0 Å². The Morgan fingerprint density at radius 3 is 2.92 bits per heavy atom. The molecule has 0 saturated carbocycles. The fourth-order valence-electron chi connectivity index (χ4n) is 1.70. The van der Waals surface area contributed by atoms with E-state index in [9.17, 15) is 0 Å². The zero-order chi connectivity index (χ0) is 9.52. The van der Waals surface area contributed by atoms with E-state index in [0.717, 1.165) is 11.8 Å². The van der Waals surface area contributed by atoms with E-state index in [1.165, 1.54) is 43.9 Å². The number of hydrogen-bond acceptors (Lipinski definition) is 3. The molecule has 78 valence electrons. The van der Waals surface area contributed by atoms with Crippen molar-refractivity contribution >= 4 is 24.4 Å². The van der Waals surface area contributed by atoms with Crippen LogP contribution in [-0.2, 0) is 0 Å². The highest BCUT2D eigenvalue weighted by Gasteiger charge is 2.17. The van der Waals surface area contributed by atoms with E-state index in [1.807, 2.05) is 0 Å². The molecule has 1 fully saturated rings. The van der Waals surface area contributed by atoms with Crippen molar-refractivity contribution in [1.29, 1.82) is 0 Å². The highest BCUT2D eigenvalue weighted by Crippen LogP contribution is 2.16. The monoisotopic (exact) mass is 219 g/mol. The van der Waals surface area contributed by atoms with Crippen LogP contribution in [0.3, 0.4) is 0 Å². The van der Waals surface area contributed by atoms with Gasteiger partial charge in [-0.1, -0.05) is 6.42 Å². The topological polar surface area (TPSA) is 3.24 Å². The molecule has 1 nitrogen and oxygen atoms in total. The number of unbranched alkanes of at least 4 members (excludes halogenated alkanes) is 2. The second-order valence-electron chi connectivity index (χ2n) is 3.74. The minimum absolute atomic E-state index is 0.801. The van der Waals surface area contributed by atoms with Crippen molar-refractivity contribution in [3.63, 3.8) is 0 Å². The van der Waals surface area contributed by atoms with E-state index in [0.29, 0.717) is 0 Å². The number of nitrogens with zero attached hydrogens (tertiary/aromatic N) is 1. The standard InChI is InChI=1S/C10H21NS2/c1-10-9-13-8-6-11(10)5-3-2-4-7-12/h10,12H,2-9H2,1H3. The molecule has 1 unspecified atom stereocenters. The SMILES string of the molecule is CC1CSCCN1CCCCCS. The molecule has 0 aromatic heterocycles. The summed E-state index contributed by atoms with van der Waals surface area (Å²) in [5, 5.41) is 0. The molecule has 1 rings (SSSR count). The minimum atomic E-state index is 0.801. The first-order valence-corrected chi connectivity index (χ1v) is 7.06. The summed E-state index contributed by atoms with van der Waals surface area (Å²) in [6, 6.07) is 0.801. The zero-order valence-electron chi connectivity index (χ0n) is 8.54. The lowest BCUT2D eigenvalue weighted by atomic mass is 10.2. The fraction of sp³-hybridized carbons (Fsp3) is 1.00. The normalized spacial score (nSPS) is 24.9. The lowest BCUT2D eigenvalue weighted by molar-refractivity contribution is 0.228. The van der Waals surface area contributed by atoms with Crippen molar-refractivity contribution in [2.45, 2.75) is 32.2 Å². The maximum absolute atomic E-state index is 4.22. The highest BCUT2D eigenvalue weighted by atomic mass is 32.2. The first-order valence-electron chi connectivity index (χ1n) is 5.27. The summed E-state index contributed by atoms with van der Waals surface area (Å²) in [6.45, 7) is 4.95. The van der Waals surface area contributed by atoms with Gasteiger partial charge in [0, 0.05) is 24.1 Å². The number of thioether (sulfide) groups is 1. The number of hydrogen-bond donors (Lipinski definition) is 1. The van der Waals surface area contributed by atoms with Gasteiger partial charge in [-0.05, 0) is 32.1 Å². The molecule has 13 heavy (non-hydrogen) atoms. The molecule has 0 radical (unpaired) electrons. The van der Waals surface area contributed by atoms with E-state index >= 15 is 0 Å². The van der Waals surface area contributed by atoms with Gasteiger partial charge in [-0.25, -0.2) is 0 Å². The molecule has 0 N–H and O–H groups in total. The summed E-state index contributed by atoms with van der Waals surface area (Å²) in [4.78, 5) is 2.63. The molecule has 1 aliphatic heterocycles. The highest BCUT2D eigenvalue weighted by molar-refractivity contribution is 7.99. The van der Waals surface area contributed by atoms with E-state index in [1.54, 1.807) is 0 Å². The largest absolute Gasteiger partial charge is 0.299 e. The van der Waals surface area contributed by atoms with Gasteiger partial charge in [0.05, 0.1) is 0 Å². The first-order chi connectivity index (χ1) is 6.34. The van der Waals surface area contributed by atoms with Gasteiger partial charge in [-0.3, -0.25) is 4.90 Å². The zero-order valence-corrected chi connectivity index (χ0v) is 10.2. The lowest BCUT2D eigenvalue weighted by Gasteiger charge is -2.32. The first kappa shape index (κ1) is 11.7. The van der Waals surface area contributed by atoms with Crippen LogP contribution in [0.1, 0.15) is 26.2 Å². The Balaban J connectivity index is 2.05. The van der Waals surface area contributed by atoms with Gasteiger partial charge in [0.1, 0.15) is 0 Å². The Bertz CT molecular complexity index is 130. The lowest BCUT2D eigenvalue weighted by Crippen LogP contribution is -2.40. The van der Waals surface area contributed by atoms with Crippen LogP contribution >= 0.6 is 24.4 Å². The maximum atomic E-state index is 4.22. The van der Waals surface area contributed by atoms with Gasteiger partial charge in [0.2, 0.25) is 0 Å². The van der Waals surface area contributed by atoms with Crippen molar-refractivity contribution in [1.82, 2.24) is 4.90 Å². The quantitative estimate of drug-likeness (QED) is 0.559. The minimum Gasteiger partial charge on any atom is -0.299 e. The molecule has 1 atom stereocenters. The second kappa shape index (κ2) is 7.02. The van der Waals surface area contributed by atoms with Crippen molar-refractivity contribution in [2.75, 3.05) is 30.3 Å². The maximum Gasteiger partial charge on any atom is 0.0158 e. The molecule has 0 aliphatic carbocycles. The molecule has 0 spiro atoms. The van der Waals surface area contributed by atoms with E-state index in [-0.39, 0.29) is 0 Å². The second-order valence-corrected chi connectivity index (χ2v) is 5.34. The van der Waals surface area contributed by atoms with Gasteiger partial charge in [-0.15, -0.1) is 0 Å². The van der Waals surface area contributed by atoms with E-state index < -0.39 is 0 Å². The van der Waals surface area contributed by atoms with Crippen LogP contribution < -0.4 is 0 Å². The Labute approximate surface area is 92.1 Å². The molecule has 0 aromatic carbocycles. The van der Waals surface area contributed by atoms with Crippen LogP contribution in [0.2, 0.25) is 0 Å². The Morgan fingerprint density at radius 1 is 1.38 bits per heavy atom. The molecular formula is C10H21NS2. The summed E-state index contributed by atoms with van der Waals surface area (Å²) in [5.74, 6) is 3.70. The Hall–Kier alpha value is 0.660. The van der Waals surface area contributed by atoms with Gasteiger partial charge >= 0.3 is 0 Å². The molecule has 3 heteroatoms. The summed E-state index contributed by atoms with van der Waals surface area (Å²) in [6.07, 6.45) is 3.98. The van der Waals surface area contributed by atoms with Crippen LogP contribution in [0.4, 0.5) is 0 Å². The van der Waals surface area contributed by atoms with Crippen molar-refractivity contribution in [3.05, 3.63) is 0 Å². The van der Waals surface area contributed by atoms with Crippen LogP contribution in [0.15, 0.2) is 0 Å². The average molecular weight is 219 g/mol. The molecule has 1 heterocycles. The third kappa shape index (κ3) is 4.61. The third-order valence-electron chi connectivity index (χ3n) is 2.61. The third-order valence-corrected chi connectivity index (χ3v) is 4.11. The van der Waals surface area contributed by atoms with Crippen molar-refractivity contribution in [3.8, 4) is 0 Å². The molecule has 0 aromatic rings. The van der Waals surface area contributed by atoms with Crippen LogP contribution in [0, 0.1) is 0 Å². The Morgan fingerprint density at radius 2 is 2.23 bits per heavy atom. The number of rotatable bonds is 5. The van der Waals surface area contributed by atoms with E-state index in [4.69, 9.17) is 0 Å². The molecule has 0 bridgehead atoms. The predicted octanol–water partition coefficient (Wildman–Crippen LogP) is 2.52. The molecule has 1 aliphatic rings. The Kier molecular flexibility index (Phi) is 6.33. The van der Waals surface area contributed by atoms with E-state index in [2.05, 4.69) is 36.2 Å². The smallest absolute Gasteiger partial charge is 0.0158 e. The van der Waals surface area contributed by atoms with Gasteiger partial charge in [-0.2, -0.15) is 24.4 Å². The predicted molar refractivity (Wildman–Crippen MR) is 66.1 cm³/mol. The summed E-state index contributed by atoms with van der Waals surface area (Å²) in [5.41, 5.74) is 0. The summed E-state index contributed by atoms with van der Waals surface area (Å²) < 4.78 is 0. The summed E-state index contributed by atoms with van der Waals surface area (Å²) in [7, 11) is 0. The molecular weight excluding hydrogens is 198 g/mol. The molecule has 0 amide bonds. The van der Waals surface area contributed by atoms with Crippen LogP contribution in [0.25, 0.3) is 0 Å². The van der Waals surface area contributed by atoms with Crippen LogP contribution in [-0.4, -0.2) is 41.3 Å². The number of thiol groups is 1. The molecule has 1 saturated heterocycles. The summed E-state index contributed by atoms with van der Waals surface area (Å²) >= 11 is 6.32. The van der Waals surface area contributed by atoms with Crippen molar-refractivity contribution < 1.29 is 0 Å². The fourth-order valence-corrected chi connectivity index (χ4v) is 3.00.